The minimum absolute atomic E-state index is 0.221. The van der Waals surface area contributed by atoms with Crippen LogP contribution >= 0.6 is 11.6 Å². The number of benzene rings is 2. The van der Waals surface area contributed by atoms with E-state index >= 15 is 0 Å². The Kier molecular flexibility index (Phi) is 6.74. The van der Waals surface area contributed by atoms with Crippen LogP contribution in [-0.2, 0) is 14.3 Å². The quantitative estimate of drug-likeness (QED) is 0.490. The van der Waals surface area contributed by atoms with Gasteiger partial charge in [-0.1, -0.05) is 29.8 Å². The lowest BCUT2D eigenvalue weighted by atomic mass is 10.1. The summed E-state index contributed by atoms with van der Waals surface area (Å²) in [5.74, 6) is 0.0844. The van der Waals surface area contributed by atoms with Crippen LogP contribution in [0.1, 0.15) is 19.4 Å². The number of carbonyl (C=O) groups is 2. The first kappa shape index (κ1) is 21.4. The van der Waals surface area contributed by atoms with Gasteiger partial charge < -0.3 is 14.2 Å². The van der Waals surface area contributed by atoms with E-state index in [1.165, 1.54) is 12.1 Å². The van der Waals surface area contributed by atoms with E-state index in [-0.39, 0.29) is 19.1 Å². The highest BCUT2D eigenvalue weighted by Crippen LogP contribution is 2.32. The van der Waals surface area contributed by atoms with E-state index in [4.69, 9.17) is 25.8 Å². The Hall–Kier alpha value is -3.32. The lowest BCUT2D eigenvalue weighted by Gasteiger charge is -2.13. The molecule has 2 aromatic rings. The Bertz CT molecular complexity index is 1030. The molecule has 0 N–H and O–H groups in total. The van der Waals surface area contributed by atoms with Gasteiger partial charge in [0.15, 0.2) is 18.1 Å². The van der Waals surface area contributed by atoms with Gasteiger partial charge in [-0.25, -0.2) is 4.79 Å². The van der Waals surface area contributed by atoms with E-state index in [9.17, 15) is 9.59 Å². The molecule has 0 fully saturated rings. The zero-order valence-corrected chi connectivity index (χ0v) is 17.6. The van der Waals surface area contributed by atoms with Crippen LogP contribution in [0.2, 0.25) is 5.02 Å². The number of hydrogen-bond acceptors (Lipinski definition) is 6. The van der Waals surface area contributed by atoms with Crippen molar-refractivity contribution in [1.82, 2.24) is 0 Å². The minimum Gasteiger partial charge on any atom is -0.493 e. The fraction of sp³-hybridized carbons (Fsp3) is 0.227. The summed E-state index contributed by atoms with van der Waals surface area (Å²) in [5.41, 5.74) is 2.25. The standard InChI is InChI=1S/C22H21ClN2O5/c1-4-29-21(26)13-30-19-10-9-15(12-20(19)28-3)11-16-14(2)24-25(22(16)27)18-8-6-5-7-17(18)23/h5-12H,4,13H2,1-3H3. The van der Waals surface area contributed by atoms with E-state index in [0.29, 0.717) is 39.1 Å². The number of esters is 1. The summed E-state index contributed by atoms with van der Waals surface area (Å²) in [7, 11) is 1.50. The number of hydrazone groups is 1. The predicted molar refractivity (Wildman–Crippen MR) is 115 cm³/mol. The molecule has 3 rings (SSSR count). The highest BCUT2D eigenvalue weighted by atomic mass is 35.5. The first-order chi connectivity index (χ1) is 14.4. The van der Waals surface area contributed by atoms with Crippen molar-refractivity contribution in [2.45, 2.75) is 13.8 Å². The van der Waals surface area contributed by atoms with Crippen LogP contribution in [0.5, 0.6) is 11.5 Å². The van der Waals surface area contributed by atoms with Crippen LogP contribution in [0.3, 0.4) is 0 Å². The Morgan fingerprint density at radius 3 is 2.67 bits per heavy atom. The summed E-state index contributed by atoms with van der Waals surface area (Å²) in [6.07, 6.45) is 1.72. The maximum absolute atomic E-state index is 12.9. The maximum atomic E-state index is 12.9. The number of halogens is 1. The predicted octanol–water partition coefficient (Wildman–Crippen LogP) is 4.10. The van der Waals surface area contributed by atoms with Gasteiger partial charge in [0.2, 0.25) is 0 Å². The molecule has 7 nitrogen and oxygen atoms in total. The van der Waals surface area contributed by atoms with E-state index < -0.39 is 5.97 Å². The Labute approximate surface area is 179 Å². The number of ether oxygens (including phenoxy) is 3. The van der Waals surface area contributed by atoms with Crippen LogP contribution in [0.4, 0.5) is 5.69 Å². The molecule has 0 bridgehead atoms. The van der Waals surface area contributed by atoms with Crippen molar-refractivity contribution in [3.63, 3.8) is 0 Å². The highest BCUT2D eigenvalue weighted by Gasteiger charge is 2.29. The second kappa shape index (κ2) is 9.45. The molecule has 0 saturated heterocycles. The average Bonchev–Trinajstić information content (AvgIpc) is 3.01. The van der Waals surface area contributed by atoms with Gasteiger partial charge in [0.05, 0.1) is 35.7 Å². The van der Waals surface area contributed by atoms with Crippen LogP contribution < -0.4 is 14.5 Å². The second-order valence-electron chi connectivity index (χ2n) is 6.32. The SMILES string of the molecule is CCOC(=O)COc1ccc(C=C2C(=O)N(c3ccccc3Cl)N=C2C)cc1OC. The maximum Gasteiger partial charge on any atom is 0.344 e. The molecule has 1 amide bonds. The first-order valence-electron chi connectivity index (χ1n) is 9.27. The zero-order valence-electron chi connectivity index (χ0n) is 16.8. The molecule has 0 saturated carbocycles. The van der Waals surface area contributed by atoms with Crippen molar-refractivity contribution in [1.29, 1.82) is 0 Å². The van der Waals surface area contributed by atoms with Crippen molar-refractivity contribution < 1.29 is 23.8 Å². The number of para-hydroxylation sites is 1. The third-order valence-electron chi connectivity index (χ3n) is 4.29. The Balaban J connectivity index is 1.83. The van der Waals surface area contributed by atoms with Crippen molar-refractivity contribution in [2.75, 3.05) is 25.3 Å². The third-order valence-corrected chi connectivity index (χ3v) is 4.61. The molecule has 30 heavy (non-hydrogen) atoms. The van der Waals surface area contributed by atoms with Crippen molar-refractivity contribution in [3.8, 4) is 11.5 Å². The largest absolute Gasteiger partial charge is 0.493 e. The van der Waals surface area contributed by atoms with Gasteiger partial charge in [-0.05, 0) is 49.8 Å². The molecule has 156 valence electrons. The Morgan fingerprint density at radius 1 is 1.20 bits per heavy atom. The number of methoxy groups -OCH3 is 1. The number of amides is 1. The average molecular weight is 429 g/mol. The van der Waals surface area contributed by atoms with Crippen LogP contribution in [-0.4, -0.2) is 37.9 Å². The van der Waals surface area contributed by atoms with Gasteiger partial charge in [-0.15, -0.1) is 0 Å². The summed E-state index contributed by atoms with van der Waals surface area (Å²) in [6.45, 7) is 3.55. The first-order valence-corrected chi connectivity index (χ1v) is 9.65. The second-order valence-corrected chi connectivity index (χ2v) is 6.72. The fourth-order valence-electron chi connectivity index (χ4n) is 2.87. The number of carbonyl (C=O) groups excluding carboxylic acids is 2. The van der Waals surface area contributed by atoms with Gasteiger partial charge in [0, 0.05) is 0 Å². The molecule has 0 spiro atoms. The fourth-order valence-corrected chi connectivity index (χ4v) is 3.09. The molecule has 0 unspecified atom stereocenters. The normalized spacial score (nSPS) is 14.7. The summed E-state index contributed by atoms with van der Waals surface area (Å²) in [4.78, 5) is 24.4. The van der Waals surface area contributed by atoms with E-state index in [1.807, 2.05) is 0 Å². The van der Waals surface area contributed by atoms with Gasteiger partial charge in [-0.2, -0.15) is 10.1 Å². The van der Waals surface area contributed by atoms with Crippen LogP contribution in [0, 0.1) is 0 Å². The summed E-state index contributed by atoms with van der Waals surface area (Å²) < 4.78 is 15.7. The molecular weight excluding hydrogens is 408 g/mol. The van der Waals surface area contributed by atoms with E-state index in [2.05, 4.69) is 5.10 Å². The molecule has 0 aromatic heterocycles. The molecule has 1 heterocycles. The number of rotatable bonds is 7. The molecule has 2 aromatic carbocycles. The summed E-state index contributed by atoms with van der Waals surface area (Å²) >= 11 is 6.21. The van der Waals surface area contributed by atoms with Crippen LogP contribution in [0.15, 0.2) is 53.1 Å². The third kappa shape index (κ3) is 4.63. The smallest absolute Gasteiger partial charge is 0.344 e. The summed E-state index contributed by atoms with van der Waals surface area (Å²) in [6, 6.07) is 12.2. The Morgan fingerprint density at radius 2 is 1.97 bits per heavy atom. The molecule has 0 radical (unpaired) electrons. The number of hydrogen-bond donors (Lipinski definition) is 0. The van der Waals surface area contributed by atoms with Gasteiger partial charge >= 0.3 is 5.97 Å². The lowest BCUT2D eigenvalue weighted by Crippen LogP contribution is -2.21. The molecule has 0 atom stereocenters. The molecule has 1 aliphatic rings. The molecular formula is C22H21ClN2O5. The van der Waals surface area contributed by atoms with Crippen molar-refractivity contribution in [3.05, 3.63) is 58.6 Å². The van der Waals surface area contributed by atoms with Gasteiger partial charge in [0.25, 0.3) is 5.91 Å². The van der Waals surface area contributed by atoms with Crippen molar-refractivity contribution >= 4 is 41.0 Å². The van der Waals surface area contributed by atoms with Crippen LogP contribution in [0.25, 0.3) is 6.08 Å². The van der Waals surface area contributed by atoms with Gasteiger partial charge in [-0.3, -0.25) is 4.79 Å². The van der Waals surface area contributed by atoms with E-state index in [1.54, 1.807) is 62.4 Å². The zero-order chi connectivity index (χ0) is 21.7. The van der Waals surface area contributed by atoms with Crippen molar-refractivity contribution in [2.24, 2.45) is 5.10 Å². The van der Waals surface area contributed by atoms with Gasteiger partial charge in [0.1, 0.15) is 0 Å². The number of nitrogens with zero attached hydrogens (tertiary/aromatic N) is 2. The minimum atomic E-state index is -0.464. The number of anilines is 1. The summed E-state index contributed by atoms with van der Waals surface area (Å²) in [5, 5.41) is 6.07. The lowest BCUT2D eigenvalue weighted by molar-refractivity contribution is -0.145. The molecule has 1 aliphatic heterocycles. The molecule has 0 aliphatic carbocycles. The topological polar surface area (TPSA) is 77.4 Å². The van der Waals surface area contributed by atoms with E-state index in [0.717, 1.165) is 0 Å². The monoisotopic (exact) mass is 428 g/mol. The molecule has 8 heteroatoms. The highest BCUT2D eigenvalue weighted by molar-refractivity contribution is 6.37.